The third kappa shape index (κ3) is 2.54. The number of ether oxygens (including phenoxy) is 1. The minimum Gasteiger partial charge on any atom is -0.379 e. The largest absolute Gasteiger partial charge is 0.379 e. The standard InChI is InChI=1S/C12H20N4O2/c1-4-13-10-6-18-5-9(10)12(17)14-11-7(2)8(3)15-16-11/h9-10,13H,4-6H2,1-3H3,(H2,14,15,16,17). The summed E-state index contributed by atoms with van der Waals surface area (Å²) in [5, 5.41) is 13.1. The number of H-pyrrole nitrogens is 1. The quantitative estimate of drug-likeness (QED) is 0.733. The van der Waals surface area contributed by atoms with E-state index in [1.807, 2.05) is 20.8 Å². The molecule has 1 amide bonds. The second-order valence-electron chi connectivity index (χ2n) is 4.62. The molecule has 0 spiro atoms. The Bertz CT molecular complexity index is 430. The molecule has 1 aromatic heterocycles. The number of carbonyl (C=O) groups is 1. The van der Waals surface area contributed by atoms with E-state index in [4.69, 9.17) is 4.74 Å². The Morgan fingerprint density at radius 3 is 2.89 bits per heavy atom. The van der Waals surface area contributed by atoms with E-state index in [1.165, 1.54) is 0 Å². The molecule has 0 aromatic carbocycles. The molecule has 3 N–H and O–H groups in total. The van der Waals surface area contributed by atoms with Crippen LogP contribution in [-0.2, 0) is 9.53 Å². The Morgan fingerprint density at radius 2 is 2.28 bits per heavy atom. The van der Waals surface area contributed by atoms with Crippen molar-refractivity contribution in [2.75, 3.05) is 25.1 Å². The van der Waals surface area contributed by atoms with Crippen molar-refractivity contribution >= 4 is 11.7 Å². The lowest BCUT2D eigenvalue weighted by molar-refractivity contribution is -0.120. The average molecular weight is 252 g/mol. The van der Waals surface area contributed by atoms with Crippen LogP contribution in [0.4, 0.5) is 5.82 Å². The predicted octanol–water partition coefficient (Wildman–Crippen LogP) is 0.590. The van der Waals surface area contributed by atoms with E-state index < -0.39 is 0 Å². The number of likely N-dealkylation sites (N-methyl/N-ethyl adjacent to an activating group) is 1. The van der Waals surface area contributed by atoms with E-state index in [9.17, 15) is 4.79 Å². The van der Waals surface area contributed by atoms with Gasteiger partial charge in [0.1, 0.15) is 0 Å². The minimum atomic E-state index is -0.152. The zero-order chi connectivity index (χ0) is 13.1. The number of rotatable bonds is 4. The highest BCUT2D eigenvalue weighted by atomic mass is 16.5. The number of nitrogens with one attached hydrogen (secondary N) is 3. The van der Waals surface area contributed by atoms with Gasteiger partial charge < -0.3 is 15.4 Å². The lowest BCUT2D eigenvalue weighted by Gasteiger charge is -2.17. The van der Waals surface area contributed by atoms with E-state index in [0.29, 0.717) is 19.0 Å². The molecule has 0 radical (unpaired) electrons. The van der Waals surface area contributed by atoms with Crippen LogP contribution in [0.2, 0.25) is 0 Å². The van der Waals surface area contributed by atoms with E-state index >= 15 is 0 Å². The van der Waals surface area contributed by atoms with Gasteiger partial charge in [-0.05, 0) is 20.4 Å². The maximum absolute atomic E-state index is 12.2. The van der Waals surface area contributed by atoms with E-state index in [1.54, 1.807) is 0 Å². The van der Waals surface area contributed by atoms with Gasteiger partial charge in [-0.3, -0.25) is 9.89 Å². The second-order valence-corrected chi connectivity index (χ2v) is 4.62. The molecular weight excluding hydrogens is 232 g/mol. The number of aromatic amines is 1. The monoisotopic (exact) mass is 252 g/mol. The average Bonchev–Trinajstić information content (AvgIpc) is 2.92. The fourth-order valence-electron chi connectivity index (χ4n) is 2.09. The van der Waals surface area contributed by atoms with Crippen LogP contribution in [0, 0.1) is 19.8 Å². The van der Waals surface area contributed by atoms with E-state index in [0.717, 1.165) is 17.8 Å². The van der Waals surface area contributed by atoms with Gasteiger partial charge >= 0.3 is 0 Å². The van der Waals surface area contributed by atoms with Crippen molar-refractivity contribution in [3.8, 4) is 0 Å². The van der Waals surface area contributed by atoms with Crippen molar-refractivity contribution in [3.05, 3.63) is 11.3 Å². The summed E-state index contributed by atoms with van der Waals surface area (Å²) in [7, 11) is 0. The van der Waals surface area contributed by atoms with Gasteiger partial charge in [-0.15, -0.1) is 0 Å². The molecular formula is C12H20N4O2. The SMILES string of the molecule is CCNC1COCC1C(=O)Nc1n[nH]c(C)c1C. The molecule has 1 aliphatic heterocycles. The number of hydrogen-bond donors (Lipinski definition) is 3. The van der Waals surface area contributed by atoms with Crippen LogP contribution in [-0.4, -0.2) is 41.9 Å². The van der Waals surface area contributed by atoms with Crippen molar-refractivity contribution in [2.24, 2.45) is 5.92 Å². The Kier molecular flexibility index (Phi) is 3.98. The number of aromatic nitrogens is 2. The van der Waals surface area contributed by atoms with Crippen LogP contribution in [0.3, 0.4) is 0 Å². The molecule has 2 rings (SSSR count). The summed E-state index contributed by atoms with van der Waals surface area (Å²) >= 11 is 0. The Labute approximate surface area is 106 Å². The number of aryl methyl sites for hydroxylation is 1. The third-order valence-corrected chi connectivity index (χ3v) is 3.38. The van der Waals surface area contributed by atoms with Crippen LogP contribution < -0.4 is 10.6 Å². The molecule has 6 heteroatoms. The zero-order valence-corrected chi connectivity index (χ0v) is 11.0. The first kappa shape index (κ1) is 13.0. The second kappa shape index (κ2) is 5.49. The van der Waals surface area contributed by atoms with Crippen LogP contribution >= 0.6 is 0 Å². The Morgan fingerprint density at radius 1 is 1.50 bits per heavy atom. The van der Waals surface area contributed by atoms with Gasteiger partial charge in [-0.1, -0.05) is 6.92 Å². The van der Waals surface area contributed by atoms with Crippen molar-refractivity contribution in [3.63, 3.8) is 0 Å². The number of amides is 1. The highest BCUT2D eigenvalue weighted by molar-refractivity contribution is 5.93. The first-order valence-electron chi connectivity index (χ1n) is 6.27. The van der Waals surface area contributed by atoms with Crippen molar-refractivity contribution in [1.29, 1.82) is 0 Å². The van der Waals surface area contributed by atoms with E-state index in [2.05, 4.69) is 20.8 Å². The van der Waals surface area contributed by atoms with Gasteiger partial charge in [-0.25, -0.2) is 0 Å². The molecule has 2 atom stereocenters. The molecule has 1 fully saturated rings. The highest BCUT2D eigenvalue weighted by Gasteiger charge is 2.33. The van der Waals surface area contributed by atoms with Gasteiger partial charge in [0.15, 0.2) is 5.82 Å². The Balaban J connectivity index is 2.01. The topological polar surface area (TPSA) is 79.0 Å². The maximum atomic E-state index is 12.2. The van der Waals surface area contributed by atoms with Gasteiger partial charge in [-0.2, -0.15) is 5.10 Å². The summed E-state index contributed by atoms with van der Waals surface area (Å²) in [5.74, 6) is 0.425. The smallest absolute Gasteiger partial charge is 0.232 e. The van der Waals surface area contributed by atoms with Gasteiger partial charge in [0.05, 0.1) is 19.1 Å². The molecule has 0 aliphatic carbocycles. The fraction of sp³-hybridized carbons (Fsp3) is 0.667. The minimum absolute atomic E-state index is 0.0342. The van der Waals surface area contributed by atoms with Gasteiger partial charge in [0, 0.05) is 17.3 Å². The number of anilines is 1. The molecule has 1 aliphatic rings. The molecule has 6 nitrogen and oxygen atoms in total. The molecule has 1 aromatic rings. The van der Waals surface area contributed by atoms with Crippen LogP contribution in [0.1, 0.15) is 18.2 Å². The molecule has 2 unspecified atom stereocenters. The summed E-state index contributed by atoms with van der Waals surface area (Å²) in [6, 6.07) is 0.0929. The van der Waals surface area contributed by atoms with E-state index in [-0.39, 0.29) is 17.9 Å². The van der Waals surface area contributed by atoms with Crippen LogP contribution in [0.15, 0.2) is 0 Å². The highest BCUT2D eigenvalue weighted by Crippen LogP contribution is 2.19. The molecule has 0 bridgehead atoms. The fourth-order valence-corrected chi connectivity index (χ4v) is 2.09. The predicted molar refractivity (Wildman–Crippen MR) is 68.5 cm³/mol. The number of hydrogen-bond acceptors (Lipinski definition) is 4. The summed E-state index contributed by atoms with van der Waals surface area (Å²) in [5.41, 5.74) is 1.94. The van der Waals surface area contributed by atoms with Gasteiger partial charge in [0.25, 0.3) is 0 Å². The number of nitrogens with zero attached hydrogens (tertiary/aromatic N) is 1. The number of carbonyl (C=O) groups excluding carboxylic acids is 1. The van der Waals surface area contributed by atoms with Crippen LogP contribution in [0.5, 0.6) is 0 Å². The van der Waals surface area contributed by atoms with Crippen molar-refractivity contribution in [1.82, 2.24) is 15.5 Å². The van der Waals surface area contributed by atoms with Crippen molar-refractivity contribution in [2.45, 2.75) is 26.8 Å². The normalized spacial score (nSPS) is 23.3. The third-order valence-electron chi connectivity index (χ3n) is 3.38. The van der Waals surface area contributed by atoms with Gasteiger partial charge in [0.2, 0.25) is 5.91 Å². The Hall–Kier alpha value is -1.40. The summed E-state index contributed by atoms with van der Waals surface area (Å²) in [6.45, 7) is 7.77. The van der Waals surface area contributed by atoms with Crippen molar-refractivity contribution < 1.29 is 9.53 Å². The first-order chi connectivity index (χ1) is 8.63. The molecule has 18 heavy (non-hydrogen) atoms. The first-order valence-corrected chi connectivity index (χ1v) is 6.27. The molecule has 2 heterocycles. The lowest BCUT2D eigenvalue weighted by atomic mass is 10.0. The zero-order valence-electron chi connectivity index (χ0n) is 11.0. The summed E-state index contributed by atoms with van der Waals surface area (Å²) in [6.07, 6.45) is 0. The molecule has 1 saturated heterocycles. The summed E-state index contributed by atoms with van der Waals surface area (Å²) < 4.78 is 5.37. The van der Waals surface area contributed by atoms with Crippen LogP contribution in [0.25, 0.3) is 0 Å². The lowest BCUT2D eigenvalue weighted by Crippen LogP contribution is -2.41. The molecule has 0 saturated carbocycles. The summed E-state index contributed by atoms with van der Waals surface area (Å²) in [4.78, 5) is 12.2. The maximum Gasteiger partial charge on any atom is 0.232 e. The molecule has 100 valence electrons.